The largest absolute Gasteiger partial charge is 1.00 e. The number of benzene rings is 3. The first-order valence-corrected chi connectivity index (χ1v) is 32.9. The Kier molecular flexibility index (Phi) is 30.4. The summed E-state index contributed by atoms with van der Waals surface area (Å²) < 4.78 is 10.8. The quantitative estimate of drug-likeness (QED) is 0.0480. The third-order valence-corrected chi connectivity index (χ3v) is 19.0. The Morgan fingerprint density at radius 3 is 1.44 bits per heavy atom. The number of halogens is 3. The number of pyridine rings is 4. The molecular formula is C59H57Cl3KN11O4S8. The molecule has 442 valence electrons. The minimum absolute atomic E-state index is 0. The molecule has 0 bridgehead atoms. The molecule has 0 atom stereocenters. The van der Waals surface area contributed by atoms with E-state index in [0.29, 0.717) is 28.8 Å². The van der Waals surface area contributed by atoms with E-state index in [-0.39, 0.29) is 91.8 Å². The van der Waals surface area contributed by atoms with E-state index in [1.54, 1.807) is 88.4 Å². The zero-order valence-corrected chi connectivity index (χ0v) is 58.7. The summed E-state index contributed by atoms with van der Waals surface area (Å²) in [6, 6.07) is 31.9. The number of para-hydroxylation sites is 3. The molecular weight excluding hydrogens is 1330 g/mol. The van der Waals surface area contributed by atoms with Crippen LogP contribution in [0, 0.1) is 3.95 Å². The van der Waals surface area contributed by atoms with Crippen molar-refractivity contribution in [3.63, 3.8) is 0 Å². The van der Waals surface area contributed by atoms with E-state index < -0.39 is 0 Å². The fraction of sp³-hybridized carbons (Fsp3) is 0.237. The summed E-state index contributed by atoms with van der Waals surface area (Å²) in [5.74, 6) is 1.20. The topological polar surface area (TPSA) is 189 Å². The van der Waals surface area contributed by atoms with Crippen LogP contribution >= 0.6 is 118 Å². The number of hydrogen-bond donors (Lipinski definition) is 2. The number of thiocarbonyl (C=S) groups is 1. The second-order valence-electron chi connectivity index (χ2n) is 18.2. The maximum Gasteiger partial charge on any atom is 1.00 e. The Labute approximate surface area is 594 Å². The zero-order valence-electron chi connectivity index (χ0n) is 46.7. The molecule has 27 heteroatoms. The number of aryl methyl sites for hydroxylation is 3. The van der Waals surface area contributed by atoms with Crippen LogP contribution in [0.5, 0.6) is 0 Å². The number of thiazole rings is 3. The van der Waals surface area contributed by atoms with Crippen molar-refractivity contribution < 1.29 is 70.5 Å². The van der Waals surface area contributed by atoms with Gasteiger partial charge in [-0.3, -0.25) is 34.3 Å². The molecule has 13 rings (SSSR count). The molecule has 0 unspecified atom stereocenters. The summed E-state index contributed by atoms with van der Waals surface area (Å²) in [5.41, 5.74) is 15.6. The number of aromatic amines is 1. The summed E-state index contributed by atoms with van der Waals surface area (Å²) >= 11 is 32.6. The van der Waals surface area contributed by atoms with Crippen molar-refractivity contribution >= 4 is 206 Å². The van der Waals surface area contributed by atoms with Crippen molar-refractivity contribution in [2.75, 3.05) is 64.1 Å². The van der Waals surface area contributed by atoms with Gasteiger partial charge in [-0.05, 0) is 117 Å². The minimum atomic E-state index is -0.00110. The molecule has 3 N–H and O–H groups in total. The van der Waals surface area contributed by atoms with E-state index in [2.05, 4.69) is 82.7 Å². The van der Waals surface area contributed by atoms with E-state index in [4.69, 9.17) is 41.2 Å². The number of ether oxygens (including phenoxy) is 1. The number of anilines is 4. The van der Waals surface area contributed by atoms with E-state index in [0.717, 1.165) is 114 Å². The first kappa shape index (κ1) is 70.8. The predicted molar refractivity (Wildman–Crippen MR) is 366 cm³/mol. The van der Waals surface area contributed by atoms with Gasteiger partial charge in [-0.25, -0.2) is 9.97 Å². The van der Waals surface area contributed by atoms with Crippen LogP contribution in [-0.4, -0.2) is 101 Å². The van der Waals surface area contributed by atoms with Crippen LogP contribution < -0.4 is 71.8 Å². The average molecular weight is 1390 g/mol. The summed E-state index contributed by atoms with van der Waals surface area (Å²) in [6.45, 7) is 4.84. The SMILES string of the molecule is CCOC(=S)[S-].Cl.Nc1cnccc1Cl.O=C(CCl)N1CCCc2ccccc21.O=C(CSc1nc2cnccc2s1)N1CCCc2ccccc21.O=C(CSc1nc2cnccc2s1)N1CCCc2ccccc21.S=c1[nH]c2cnccc2s1.[K+]. The van der Waals surface area contributed by atoms with E-state index in [1.807, 2.05) is 89.5 Å². The van der Waals surface area contributed by atoms with Crippen LogP contribution in [0.1, 0.15) is 42.9 Å². The van der Waals surface area contributed by atoms with Crippen LogP contribution in [0.2, 0.25) is 5.02 Å². The van der Waals surface area contributed by atoms with Gasteiger partial charge in [-0.1, -0.05) is 89.7 Å². The maximum absolute atomic E-state index is 12.6. The van der Waals surface area contributed by atoms with E-state index in [1.165, 1.54) is 51.1 Å². The fourth-order valence-corrected chi connectivity index (χ4v) is 14.2. The molecule has 86 heavy (non-hydrogen) atoms. The number of carbonyl (C=O) groups is 3. The second kappa shape index (κ2) is 37.0. The Balaban J connectivity index is 0.000000175. The van der Waals surface area contributed by atoms with Gasteiger partial charge in [0.2, 0.25) is 17.7 Å². The normalized spacial score (nSPS) is 12.5. The van der Waals surface area contributed by atoms with Gasteiger partial charge in [0.15, 0.2) is 12.6 Å². The van der Waals surface area contributed by atoms with Gasteiger partial charge in [0.1, 0.15) is 16.9 Å². The Hall–Kier alpha value is -4.32. The average Bonchev–Trinajstić information content (AvgIpc) is 3.86. The van der Waals surface area contributed by atoms with Crippen LogP contribution in [0.4, 0.5) is 22.7 Å². The molecule has 0 radical (unpaired) electrons. The molecule has 3 aliphatic rings. The molecule has 10 heterocycles. The van der Waals surface area contributed by atoms with Gasteiger partial charge >= 0.3 is 51.4 Å². The molecule has 0 aliphatic carbocycles. The number of H-pyrrole nitrogens is 1. The first-order chi connectivity index (χ1) is 40.9. The van der Waals surface area contributed by atoms with Crippen molar-refractivity contribution in [3.8, 4) is 0 Å². The molecule has 7 aromatic heterocycles. The number of nitrogen functional groups attached to an aromatic ring is 1. The van der Waals surface area contributed by atoms with Crippen molar-refractivity contribution in [3.05, 3.63) is 172 Å². The van der Waals surface area contributed by atoms with E-state index >= 15 is 0 Å². The van der Waals surface area contributed by atoms with Gasteiger partial charge in [0.25, 0.3) is 0 Å². The fourth-order valence-electron chi connectivity index (χ4n) is 8.80. The van der Waals surface area contributed by atoms with Crippen molar-refractivity contribution in [1.82, 2.24) is 34.9 Å². The number of hydrogen-bond acceptors (Lipinski definition) is 19. The number of nitrogens with one attached hydrogen (secondary N) is 1. The molecule has 0 spiro atoms. The van der Waals surface area contributed by atoms with Crippen LogP contribution in [0.25, 0.3) is 30.6 Å². The summed E-state index contributed by atoms with van der Waals surface area (Å²) in [7, 11) is 0. The third-order valence-electron chi connectivity index (χ3n) is 12.6. The van der Waals surface area contributed by atoms with Gasteiger partial charge in [-0.2, -0.15) is 0 Å². The number of fused-ring (bicyclic) bond motifs is 6. The van der Waals surface area contributed by atoms with Crippen LogP contribution in [0.15, 0.2) is 155 Å². The molecule has 3 aliphatic heterocycles. The van der Waals surface area contributed by atoms with Crippen LogP contribution in [0.3, 0.4) is 0 Å². The molecule has 10 aromatic rings. The minimum Gasteiger partial charge on any atom is -0.514 e. The molecule has 15 nitrogen and oxygen atoms in total. The van der Waals surface area contributed by atoms with Gasteiger partial charge in [0, 0.05) is 65.9 Å². The monoisotopic (exact) mass is 1380 g/mol. The Morgan fingerprint density at radius 2 is 1.06 bits per heavy atom. The first-order valence-electron chi connectivity index (χ1n) is 26.4. The van der Waals surface area contributed by atoms with Gasteiger partial charge in [0.05, 0.1) is 73.2 Å². The van der Waals surface area contributed by atoms with Gasteiger partial charge in [-0.15, -0.1) is 58.0 Å². The Morgan fingerprint density at radius 1 is 0.640 bits per heavy atom. The van der Waals surface area contributed by atoms with Crippen molar-refractivity contribution in [1.29, 1.82) is 0 Å². The number of aromatic nitrogens is 7. The Bertz CT molecular complexity index is 3630. The number of amides is 3. The van der Waals surface area contributed by atoms with Gasteiger partial charge < -0.3 is 55.0 Å². The predicted octanol–water partition coefficient (Wildman–Crippen LogP) is 11.7. The summed E-state index contributed by atoms with van der Waals surface area (Å²) in [4.78, 5) is 70.3. The van der Waals surface area contributed by atoms with Crippen LogP contribution in [-0.2, 0) is 51.0 Å². The smallest absolute Gasteiger partial charge is 0.514 e. The van der Waals surface area contributed by atoms with Crippen molar-refractivity contribution in [2.45, 2.75) is 54.1 Å². The maximum atomic E-state index is 12.6. The molecule has 3 amide bonds. The number of thioether (sulfide) groups is 2. The molecule has 0 saturated carbocycles. The number of nitrogens with two attached hydrogens (primary N) is 1. The number of nitrogens with zero attached hydrogens (tertiary/aromatic N) is 9. The van der Waals surface area contributed by atoms with Crippen molar-refractivity contribution in [2.24, 2.45) is 0 Å². The molecule has 0 saturated heterocycles. The number of rotatable bonds is 8. The summed E-state index contributed by atoms with van der Waals surface area (Å²) in [5, 5.41) is 0.556. The second-order valence-corrected chi connectivity index (χ2v) is 26.1. The standard InChI is InChI=1S/2C17H15N3OS2.C11H12ClNO.C6H4N2S2.C5H5ClN2.C3H6OS2.ClH.K/c2*21-16(20-9-3-5-12-4-1-2-6-14(12)20)11-22-17-19-13-10-18-8-7-15(13)23-17;12-8-11(14)13-7-3-5-9-4-1-2-6-10(9)13;9-6-8-4-3-7-2-1-5(4)10-6;6-4-1-2-8-3-5(4)7;1-2-4-3(5)6;;/h2*1-2,4,6-8,10H,3,5,9,11H2;1-2,4,6H,3,5,7-8H2;1-3H,(H,8,9);1-3H,7H2;2H2,1H3,(H,5,6);1H;/q;;;;;;;+1/p-1. The summed E-state index contributed by atoms with van der Waals surface area (Å²) in [6.07, 6.45) is 20.0. The third kappa shape index (κ3) is 20.9. The number of carbonyl (C=O) groups excluding carboxylic acids is 3. The number of alkyl halides is 1. The molecule has 3 aromatic carbocycles. The van der Waals surface area contributed by atoms with E-state index in [9.17, 15) is 14.4 Å². The zero-order chi connectivity index (χ0) is 59.2. The molecule has 0 fully saturated rings.